The number of nitrogens with zero attached hydrogens (tertiary/aromatic N) is 2. The fourth-order valence-electron chi connectivity index (χ4n) is 5.10. The van der Waals surface area contributed by atoms with E-state index in [0.29, 0.717) is 29.0 Å². The summed E-state index contributed by atoms with van der Waals surface area (Å²) >= 11 is 0. The molecule has 0 aliphatic carbocycles. The fraction of sp³-hybridized carbons (Fsp3) is 0.619. The molecule has 150 valence electrons. The Bertz CT molecular complexity index is 780. The quantitative estimate of drug-likeness (QED) is 0.838. The van der Waals surface area contributed by atoms with E-state index < -0.39 is 0 Å². The molecular formula is C21H27N3O4. The predicted molar refractivity (Wildman–Crippen MR) is 102 cm³/mol. The molecule has 0 radical (unpaired) electrons. The summed E-state index contributed by atoms with van der Waals surface area (Å²) in [6, 6.07) is 4.91. The van der Waals surface area contributed by atoms with E-state index in [1.165, 1.54) is 6.42 Å². The van der Waals surface area contributed by atoms with Crippen molar-refractivity contribution in [3.8, 4) is 11.5 Å². The number of likely N-dealkylation sites (tertiary alicyclic amines) is 2. The van der Waals surface area contributed by atoms with Gasteiger partial charge < -0.3 is 24.6 Å². The lowest BCUT2D eigenvalue weighted by atomic mass is 9.77. The molecule has 3 fully saturated rings. The molecule has 4 heterocycles. The number of carbonyl (C=O) groups excluding carboxylic acids is 2. The molecule has 1 N–H and O–H groups in total. The van der Waals surface area contributed by atoms with Crippen molar-refractivity contribution in [2.75, 3.05) is 39.5 Å². The maximum atomic E-state index is 13.2. The number of piperidine rings is 1. The number of nitrogens with one attached hydrogen (secondary N) is 1. The lowest BCUT2D eigenvalue weighted by Crippen LogP contribution is -2.51. The largest absolute Gasteiger partial charge is 0.454 e. The molecular weight excluding hydrogens is 358 g/mol. The molecule has 1 spiro atoms. The number of carbonyl (C=O) groups is 2. The molecule has 0 aromatic heterocycles. The van der Waals surface area contributed by atoms with Gasteiger partial charge in [0.2, 0.25) is 12.7 Å². The second-order valence-electron chi connectivity index (χ2n) is 8.48. The molecule has 0 bridgehead atoms. The van der Waals surface area contributed by atoms with Crippen LogP contribution in [-0.2, 0) is 4.79 Å². The van der Waals surface area contributed by atoms with E-state index in [1.807, 2.05) is 4.90 Å². The number of benzene rings is 1. The topological polar surface area (TPSA) is 71.1 Å². The average Bonchev–Trinajstić information content (AvgIpc) is 3.47. The van der Waals surface area contributed by atoms with Gasteiger partial charge in [-0.25, -0.2) is 0 Å². The maximum Gasteiger partial charge on any atom is 0.254 e. The molecule has 0 saturated carbocycles. The van der Waals surface area contributed by atoms with Crippen LogP contribution < -0.4 is 14.8 Å². The third-order valence-corrected chi connectivity index (χ3v) is 6.89. The molecule has 4 aliphatic heterocycles. The van der Waals surface area contributed by atoms with Gasteiger partial charge in [0, 0.05) is 31.7 Å². The van der Waals surface area contributed by atoms with Crippen LogP contribution in [0.4, 0.5) is 0 Å². The zero-order chi connectivity index (χ0) is 19.1. The molecule has 3 saturated heterocycles. The normalized spacial score (nSPS) is 25.5. The smallest absolute Gasteiger partial charge is 0.254 e. The molecule has 1 aromatic carbocycles. The number of hydrogen-bond acceptors (Lipinski definition) is 5. The van der Waals surface area contributed by atoms with Gasteiger partial charge in [0.25, 0.3) is 5.91 Å². The Morgan fingerprint density at radius 3 is 2.68 bits per heavy atom. The van der Waals surface area contributed by atoms with Gasteiger partial charge in [-0.05, 0) is 62.3 Å². The van der Waals surface area contributed by atoms with Crippen LogP contribution in [-0.4, -0.2) is 67.2 Å². The van der Waals surface area contributed by atoms with Crippen LogP contribution in [0.3, 0.4) is 0 Å². The van der Waals surface area contributed by atoms with E-state index in [-0.39, 0.29) is 24.6 Å². The average molecular weight is 385 g/mol. The van der Waals surface area contributed by atoms with E-state index in [0.717, 1.165) is 51.9 Å². The van der Waals surface area contributed by atoms with Gasteiger partial charge in [0.05, 0.1) is 0 Å². The monoisotopic (exact) mass is 385 g/mol. The number of ether oxygens (including phenoxy) is 2. The van der Waals surface area contributed by atoms with Crippen molar-refractivity contribution in [1.82, 2.24) is 15.1 Å². The van der Waals surface area contributed by atoms with Crippen LogP contribution in [0.25, 0.3) is 0 Å². The summed E-state index contributed by atoms with van der Waals surface area (Å²) < 4.78 is 10.7. The Labute approximate surface area is 165 Å². The summed E-state index contributed by atoms with van der Waals surface area (Å²) in [6.07, 6.45) is 4.96. The molecule has 2 amide bonds. The fourth-order valence-corrected chi connectivity index (χ4v) is 5.10. The molecule has 5 rings (SSSR count). The number of rotatable bonds is 2. The van der Waals surface area contributed by atoms with Crippen LogP contribution in [0.1, 0.15) is 42.5 Å². The highest BCUT2D eigenvalue weighted by Crippen LogP contribution is 2.38. The van der Waals surface area contributed by atoms with Gasteiger partial charge in [-0.1, -0.05) is 0 Å². The lowest BCUT2D eigenvalue weighted by molar-refractivity contribution is -0.137. The van der Waals surface area contributed by atoms with Gasteiger partial charge in [-0.2, -0.15) is 0 Å². The van der Waals surface area contributed by atoms with Crippen molar-refractivity contribution < 1.29 is 19.1 Å². The standard InChI is InChI=1S/C21H27N3O4/c25-19(15-3-4-17-18(12-15)28-14-27-17)24-9-1-2-16(24)20(26)23-10-6-21(7-11-23)5-8-22-13-21/h3-4,12,16,22H,1-2,5-11,13-14H2. The van der Waals surface area contributed by atoms with E-state index in [1.54, 1.807) is 23.1 Å². The minimum atomic E-state index is -0.339. The van der Waals surface area contributed by atoms with E-state index in [4.69, 9.17) is 9.47 Å². The first kappa shape index (κ1) is 17.8. The minimum Gasteiger partial charge on any atom is -0.454 e. The number of hydrogen-bond donors (Lipinski definition) is 1. The van der Waals surface area contributed by atoms with E-state index in [2.05, 4.69) is 5.32 Å². The van der Waals surface area contributed by atoms with E-state index >= 15 is 0 Å². The molecule has 7 nitrogen and oxygen atoms in total. The Morgan fingerprint density at radius 2 is 1.89 bits per heavy atom. The molecule has 4 aliphatic rings. The van der Waals surface area contributed by atoms with Crippen molar-refractivity contribution in [2.24, 2.45) is 5.41 Å². The third kappa shape index (κ3) is 3.02. The molecule has 1 aromatic rings. The maximum absolute atomic E-state index is 13.2. The van der Waals surface area contributed by atoms with Crippen molar-refractivity contribution in [3.63, 3.8) is 0 Å². The lowest BCUT2D eigenvalue weighted by Gasteiger charge is -2.40. The van der Waals surface area contributed by atoms with Crippen molar-refractivity contribution in [1.29, 1.82) is 0 Å². The van der Waals surface area contributed by atoms with E-state index in [9.17, 15) is 9.59 Å². The second-order valence-corrected chi connectivity index (χ2v) is 8.48. The predicted octanol–water partition coefficient (Wildman–Crippen LogP) is 1.62. The summed E-state index contributed by atoms with van der Waals surface area (Å²) in [5.74, 6) is 1.28. The second kappa shape index (κ2) is 6.95. The summed E-state index contributed by atoms with van der Waals surface area (Å²) in [5, 5.41) is 3.46. The third-order valence-electron chi connectivity index (χ3n) is 6.89. The highest BCUT2D eigenvalue weighted by Gasteiger charge is 2.42. The Kier molecular flexibility index (Phi) is 4.42. The number of amides is 2. The zero-order valence-corrected chi connectivity index (χ0v) is 16.1. The van der Waals surface area contributed by atoms with Crippen molar-refractivity contribution >= 4 is 11.8 Å². The zero-order valence-electron chi connectivity index (χ0n) is 16.1. The van der Waals surface area contributed by atoms with Crippen LogP contribution in [0.15, 0.2) is 18.2 Å². The van der Waals surface area contributed by atoms with Gasteiger partial charge in [-0.3, -0.25) is 9.59 Å². The minimum absolute atomic E-state index is 0.0948. The van der Waals surface area contributed by atoms with Gasteiger partial charge in [0.1, 0.15) is 6.04 Å². The summed E-state index contributed by atoms with van der Waals surface area (Å²) in [4.78, 5) is 30.0. The van der Waals surface area contributed by atoms with Gasteiger partial charge in [0.15, 0.2) is 11.5 Å². The Balaban J connectivity index is 1.27. The highest BCUT2D eigenvalue weighted by molar-refractivity contribution is 5.98. The Hall–Kier alpha value is -2.28. The molecule has 1 atom stereocenters. The molecule has 28 heavy (non-hydrogen) atoms. The summed E-state index contributed by atoms with van der Waals surface area (Å²) in [7, 11) is 0. The first-order chi connectivity index (χ1) is 13.7. The van der Waals surface area contributed by atoms with Crippen LogP contribution in [0, 0.1) is 5.41 Å². The Morgan fingerprint density at radius 1 is 1.07 bits per heavy atom. The summed E-state index contributed by atoms with van der Waals surface area (Å²) in [5.41, 5.74) is 0.938. The highest BCUT2D eigenvalue weighted by atomic mass is 16.7. The first-order valence-electron chi connectivity index (χ1n) is 10.4. The van der Waals surface area contributed by atoms with Crippen LogP contribution in [0.5, 0.6) is 11.5 Å². The molecule has 1 unspecified atom stereocenters. The number of fused-ring (bicyclic) bond motifs is 1. The summed E-state index contributed by atoms with van der Waals surface area (Å²) in [6.45, 7) is 4.60. The van der Waals surface area contributed by atoms with Crippen molar-refractivity contribution in [3.05, 3.63) is 23.8 Å². The van der Waals surface area contributed by atoms with Crippen LogP contribution in [0.2, 0.25) is 0 Å². The van der Waals surface area contributed by atoms with Crippen LogP contribution >= 0.6 is 0 Å². The SMILES string of the molecule is O=C(C1CCCN1C(=O)c1ccc2c(c1)OCO2)N1CCC2(CCNC2)CC1. The molecule has 7 heteroatoms. The van der Waals surface area contributed by atoms with Gasteiger partial charge >= 0.3 is 0 Å². The van der Waals surface area contributed by atoms with Crippen molar-refractivity contribution in [2.45, 2.75) is 38.1 Å². The first-order valence-corrected chi connectivity index (χ1v) is 10.4. The van der Waals surface area contributed by atoms with Gasteiger partial charge in [-0.15, -0.1) is 0 Å².